The Labute approximate surface area is 196 Å². The number of amides is 1. The van der Waals surface area contributed by atoms with Crippen LogP contribution in [0.3, 0.4) is 0 Å². The van der Waals surface area contributed by atoms with Gasteiger partial charge in [-0.2, -0.15) is 0 Å². The summed E-state index contributed by atoms with van der Waals surface area (Å²) in [6.07, 6.45) is 3.95. The summed E-state index contributed by atoms with van der Waals surface area (Å²) in [5.41, 5.74) is 3.34. The lowest BCUT2D eigenvalue weighted by Gasteiger charge is -2.25. The smallest absolute Gasteiger partial charge is 0.300 e. The van der Waals surface area contributed by atoms with E-state index in [4.69, 9.17) is 16.3 Å². The van der Waals surface area contributed by atoms with Crippen molar-refractivity contribution >= 4 is 34.7 Å². The molecule has 1 saturated heterocycles. The number of ketones is 1. The lowest BCUT2D eigenvalue weighted by atomic mass is 9.95. The number of carbonyl (C=O) groups excluding carboxylic acids is 2. The monoisotopic (exact) mass is 460 g/mol. The van der Waals surface area contributed by atoms with Gasteiger partial charge >= 0.3 is 0 Å². The van der Waals surface area contributed by atoms with Crippen molar-refractivity contribution in [2.45, 2.75) is 32.4 Å². The number of rotatable bonds is 3. The molecule has 0 saturated carbocycles. The fraction of sp³-hybridized carbons (Fsp3) is 0.192. The number of Topliss-reactive ketones (excluding diaryl/α,β-unsaturated/α-hetero) is 1. The molecule has 2 aromatic carbocycles. The first-order chi connectivity index (χ1) is 15.8. The summed E-state index contributed by atoms with van der Waals surface area (Å²) >= 11 is 6.32. The number of halogens is 1. The van der Waals surface area contributed by atoms with Crippen molar-refractivity contribution in [3.8, 4) is 5.75 Å². The van der Waals surface area contributed by atoms with Gasteiger partial charge in [0.2, 0.25) is 0 Å². The summed E-state index contributed by atoms with van der Waals surface area (Å²) in [6, 6.07) is 13.1. The molecule has 33 heavy (non-hydrogen) atoms. The Morgan fingerprint density at radius 1 is 1.18 bits per heavy atom. The van der Waals surface area contributed by atoms with E-state index in [1.54, 1.807) is 54.9 Å². The van der Waals surface area contributed by atoms with Crippen LogP contribution < -0.4 is 9.64 Å². The van der Waals surface area contributed by atoms with Gasteiger partial charge in [0.1, 0.15) is 17.6 Å². The standard InChI is InChI=1S/C26H21ClN2O4/c1-14-5-7-19(12-20(14)27)29-23(17-4-3-9-28-13-17)22(25(31)26(29)32)24(30)16-6-8-21-18(11-16)10-15(2)33-21/h3-9,11-13,15,23,30H,10H2,1-2H3/b24-22-. The molecule has 0 bridgehead atoms. The Hall–Kier alpha value is -3.64. The van der Waals surface area contributed by atoms with Crippen molar-refractivity contribution in [3.63, 3.8) is 0 Å². The van der Waals surface area contributed by atoms with Crippen LogP contribution in [0.2, 0.25) is 5.02 Å². The third kappa shape index (κ3) is 3.56. The first kappa shape index (κ1) is 21.2. The van der Waals surface area contributed by atoms with E-state index in [1.807, 2.05) is 19.9 Å². The molecule has 1 aromatic heterocycles. The first-order valence-electron chi connectivity index (χ1n) is 10.6. The van der Waals surface area contributed by atoms with E-state index in [0.717, 1.165) is 16.9 Å². The maximum atomic E-state index is 13.2. The molecule has 0 aliphatic carbocycles. The predicted octanol–water partition coefficient (Wildman–Crippen LogP) is 4.99. The van der Waals surface area contributed by atoms with E-state index in [-0.39, 0.29) is 17.4 Å². The fourth-order valence-electron chi connectivity index (χ4n) is 4.41. The Morgan fingerprint density at radius 3 is 2.73 bits per heavy atom. The van der Waals surface area contributed by atoms with E-state index in [2.05, 4.69) is 4.98 Å². The third-order valence-corrected chi connectivity index (χ3v) is 6.45. The van der Waals surface area contributed by atoms with Crippen LogP contribution in [0.25, 0.3) is 5.76 Å². The van der Waals surface area contributed by atoms with E-state index in [1.165, 1.54) is 4.90 Å². The van der Waals surface area contributed by atoms with Crippen LogP contribution in [-0.2, 0) is 16.0 Å². The van der Waals surface area contributed by atoms with Crippen LogP contribution >= 0.6 is 11.6 Å². The van der Waals surface area contributed by atoms with Crippen molar-refractivity contribution in [1.82, 2.24) is 4.98 Å². The van der Waals surface area contributed by atoms with Gasteiger partial charge in [-0.05, 0) is 66.9 Å². The number of aromatic nitrogens is 1. The van der Waals surface area contributed by atoms with E-state index in [0.29, 0.717) is 28.3 Å². The van der Waals surface area contributed by atoms with Crippen molar-refractivity contribution in [2.75, 3.05) is 4.90 Å². The van der Waals surface area contributed by atoms with Crippen LogP contribution in [0.15, 0.2) is 66.5 Å². The molecular weight excluding hydrogens is 440 g/mol. The minimum absolute atomic E-state index is 0.0108. The Balaban J connectivity index is 1.69. The zero-order chi connectivity index (χ0) is 23.3. The highest BCUT2D eigenvalue weighted by atomic mass is 35.5. The molecule has 1 amide bonds. The molecule has 3 aromatic rings. The van der Waals surface area contributed by atoms with Gasteiger partial charge in [0, 0.05) is 35.1 Å². The van der Waals surface area contributed by atoms with Crippen LogP contribution in [0.1, 0.15) is 35.2 Å². The van der Waals surface area contributed by atoms with E-state index < -0.39 is 17.7 Å². The predicted molar refractivity (Wildman–Crippen MR) is 125 cm³/mol. The van der Waals surface area contributed by atoms with Gasteiger partial charge in [0.25, 0.3) is 11.7 Å². The second-order valence-corrected chi connectivity index (χ2v) is 8.75. The number of aliphatic hydroxyl groups is 1. The molecule has 2 atom stereocenters. The third-order valence-electron chi connectivity index (χ3n) is 6.05. The largest absolute Gasteiger partial charge is 0.507 e. The summed E-state index contributed by atoms with van der Waals surface area (Å²) in [5, 5.41) is 11.8. The van der Waals surface area contributed by atoms with Crippen molar-refractivity contribution in [2.24, 2.45) is 0 Å². The van der Waals surface area contributed by atoms with Crippen LogP contribution in [-0.4, -0.2) is 27.9 Å². The second-order valence-electron chi connectivity index (χ2n) is 8.34. The highest BCUT2D eigenvalue weighted by Gasteiger charge is 2.47. The Kier molecular flexibility index (Phi) is 5.17. The lowest BCUT2D eigenvalue weighted by Crippen LogP contribution is -2.29. The number of ether oxygens (including phenoxy) is 1. The molecule has 0 spiro atoms. The number of hydrogen-bond acceptors (Lipinski definition) is 5. The normalized spacial score (nSPS) is 21.2. The maximum Gasteiger partial charge on any atom is 0.300 e. The average molecular weight is 461 g/mol. The zero-order valence-corrected chi connectivity index (χ0v) is 18.8. The topological polar surface area (TPSA) is 79.7 Å². The number of pyridine rings is 1. The van der Waals surface area contributed by atoms with Crippen molar-refractivity contribution < 1.29 is 19.4 Å². The molecule has 1 N–H and O–H groups in total. The Morgan fingerprint density at radius 2 is 2.00 bits per heavy atom. The van der Waals surface area contributed by atoms with E-state index in [9.17, 15) is 14.7 Å². The SMILES string of the molecule is Cc1ccc(N2C(=O)C(=O)/C(=C(\O)c3ccc4c(c3)CC(C)O4)C2c2cccnc2)cc1Cl. The quantitative estimate of drug-likeness (QED) is 0.338. The summed E-state index contributed by atoms with van der Waals surface area (Å²) in [6.45, 7) is 3.83. The molecule has 5 rings (SSSR count). The van der Waals surface area contributed by atoms with Gasteiger partial charge in [-0.3, -0.25) is 19.5 Å². The fourth-order valence-corrected chi connectivity index (χ4v) is 4.58. The molecule has 3 heterocycles. The molecule has 1 fully saturated rings. The van der Waals surface area contributed by atoms with Gasteiger partial charge in [-0.1, -0.05) is 23.7 Å². The minimum atomic E-state index is -0.846. The first-order valence-corrected chi connectivity index (χ1v) is 11.0. The van der Waals surface area contributed by atoms with Crippen molar-refractivity contribution in [1.29, 1.82) is 0 Å². The maximum absolute atomic E-state index is 13.2. The molecule has 6 nitrogen and oxygen atoms in total. The number of aliphatic hydroxyl groups excluding tert-OH is 1. The van der Waals surface area contributed by atoms with Gasteiger partial charge in [-0.25, -0.2) is 0 Å². The van der Waals surface area contributed by atoms with Crippen LogP contribution in [0.4, 0.5) is 5.69 Å². The van der Waals surface area contributed by atoms with Gasteiger partial charge in [0.15, 0.2) is 0 Å². The summed E-state index contributed by atoms with van der Waals surface area (Å²) in [7, 11) is 0. The number of nitrogens with zero attached hydrogens (tertiary/aromatic N) is 2. The molecular formula is C26H21ClN2O4. The van der Waals surface area contributed by atoms with E-state index >= 15 is 0 Å². The summed E-state index contributed by atoms with van der Waals surface area (Å²) < 4.78 is 5.74. The highest BCUT2D eigenvalue weighted by molar-refractivity contribution is 6.51. The number of fused-ring (bicyclic) bond motifs is 1. The molecule has 7 heteroatoms. The summed E-state index contributed by atoms with van der Waals surface area (Å²) in [5.74, 6) is -0.963. The number of aryl methyl sites for hydroxylation is 1. The molecule has 2 aliphatic rings. The molecule has 2 unspecified atom stereocenters. The average Bonchev–Trinajstić information content (AvgIpc) is 3.31. The molecule has 2 aliphatic heterocycles. The number of carbonyl (C=O) groups is 2. The number of hydrogen-bond donors (Lipinski definition) is 1. The summed E-state index contributed by atoms with van der Waals surface area (Å²) in [4.78, 5) is 32.0. The van der Waals surface area contributed by atoms with Gasteiger partial charge in [0.05, 0.1) is 11.6 Å². The van der Waals surface area contributed by atoms with Gasteiger partial charge < -0.3 is 9.84 Å². The molecule has 166 valence electrons. The minimum Gasteiger partial charge on any atom is -0.507 e. The number of benzene rings is 2. The highest BCUT2D eigenvalue weighted by Crippen LogP contribution is 2.43. The van der Waals surface area contributed by atoms with Crippen molar-refractivity contribution in [3.05, 3.63) is 93.8 Å². The van der Waals surface area contributed by atoms with Crippen LogP contribution in [0.5, 0.6) is 5.75 Å². The zero-order valence-electron chi connectivity index (χ0n) is 18.1. The molecule has 0 radical (unpaired) electrons. The second kappa shape index (κ2) is 8.05. The Bertz CT molecular complexity index is 1320. The van der Waals surface area contributed by atoms with Crippen LogP contribution in [0, 0.1) is 6.92 Å². The van der Waals surface area contributed by atoms with Gasteiger partial charge in [-0.15, -0.1) is 0 Å². The number of anilines is 1. The lowest BCUT2D eigenvalue weighted by molar-refractivity contribution is -0.132.